The van der Waals surface area contributed by atoms with E-state index in [1.54, 1.807) is 12.1 Å². The molecule has 0 heterocycles. The lowest BCUT2D eigenvalue weighted by Gasteiger charge is -2.29. The number of halogens is 1. The van der Waals surface area contributed by atoms with Gasteiger partial charge in [0.15, 0.2) is 0 Å². The summed E-state index contributed by atoms with van der Waals surface area (Å²) in [6, 6.07) is 6.89. The Labute approximate surface area is 111 Å². The first kappa shape index (κ1) is 15.2. The fourth-order valence-electron chi connectivity index (χ4n) is 2.07. The molecule has 2 heteroatoms. The fourth-order valence-corrected chi connectivity index (χ4v) is 2.07. The molecule has 1 nitrogen and oxygen atoms in total. The van der Waals surface area contributed by atoms with Gasteiger partial charge in [0.05, 0.1) is 0 Å². The predicted molar refractivity (Wildman–Crippen MR) is 76.2 cm³/mol. The molecule has 1 rings (SSSR count). The van der Waals surface area contributed by atoms with Crippen LogP contribution < -0.4 is 5.32 Å². The van der Waals surface area contributed by atoms with Gasteiger partial charge in [0, 0.05) is 6.54 Å². The third kappa shape index (κ3) is 5.18. The zero-order chi connectivity index (χ0) is 13.6. The minimum absolute atomic E-state index is 0.158. The van der Waals surface area contributed by atoms with E-state index in [2.05, 4.69) is 33.0 Å². The van der Waals surface area contributed by atoms with Gasteiger partial charge in [0.1, 0.15) is 5.82 Å². The number of rotatable bonds is 7. The summed E-state index contributed by atoms with van der Waals surface area (Å²) in [4.78, 5) is 0. The molecule has 0 bridgehead atoms. The topological polar surface area (TPSA) is 12.0 Å². The van der Waals surface area contributed by atoms with E-state index >= 15 is 0 Å². The average Bonchev–Trinajstić information content (AvgIpc) is 2.32. The van der Waals surface area contributed by atoms with E-state index in [9.17, 15) is 4.39 Å². The van der Waals surface area contributed by atoms with Gasteiger partial charge >= 0.3 is 0 Å². The maximum atomic E-state index is 12.9. The Hall–Kier alpha value is -0.890. The van der Waals surface area contributed by atoms with Crippen molar-refractivity contribution >= 4 is 0 Å². The Kier molecular flexibility index (Phi) is 5.80. The van der Waals surface area contributed by atoms with Gasteiger partial charge in [-0.15, -0.1) is 0 Å². The molecule has 0 amide bonds. The highest BCUT2D eigenvalue weighted by Gasteiger charge is 2.22. The van der Waals surface area contributed by atoms with Crippen LogP contribution in [-0.2, 0) is 6.42 Å². The molecule has 0 radical (unpaired) electrons. The van der Waals surface area contributed by atoms with E-state index in [0.29, 0.717) is 5.92 Å². The third-order valence-corrected chi connectivity index (χ3v) is 3.50. The lowest BCUT2D eigenvalue weighted by atomic mass is 9.81. The largest absolute Gasteiger partial charge is 0.316 e. The second kappa shape index (κ2) is 6.89. The van der Waals surface area contributed by atoms with Crippen LogP contribution >= 0.6 is 0 Å². The molecule has 1 unspecified atom stereocenters. The molecule has 0 spiro atoms. The highest BCUT2D eigenvalue weighted by molar-refractivity contribution is 5.17. The van der Waals surface area contributed by atoms with Crippen molar-refractivity contribution in [3.63, 3.8) is 0 Å². The highest BCUT2D eigenvalue weighted by Crippen LogP contribution is 2.25. The summed E-state index contributed by atoms with van der Waals surface area (Å²) in [5.41, 5.74) is 1.46. The molecular formula is C16H26FN. The Bertz CT molecular complexity index is 345. The van der Waals surface area contributed by atoms with E-state index in [4.69, 9.17) is 0 Å². The summed E-state index contributed by atoms with van der Waals surface area (Å²) in [5.74, 6) is 0.520. The lowest BCUT2D eigenvalue weighted by Crippen LogP contribution is -2.35. The smallest absolute Gasteiger partial charge is 0.123 e. The van der Waals surface area contributed by atoms with Crippen molar-refractivity contribution in [3.8, 4) is 0 Å². The van der Waals surface area contributed by atoms with Crippen LogP contribution in [-0.4, -0.2) is 13.1 Å². The summed E-state index contributed by atoms with van der Waals surface area (Å²) in [7, 11) is 0. The zero-order valence-corrected chi connectivity index (χ0v) is 12.1. The van der Waals surface area contributed by atoms with Crippen molar-refractivity contribution in [1.82, 2.24) is 5.32 Å². The van der Waals surface area contributed by atoms with Crippen molar-refractivity contribution in [1.29, 1.82) is 0 Å². The molecular weight excluding hydrogens is 225 g/mol. The molecule has 0 fully saturated rings. The van der Waals surface area contributed by atoms with E-state index in [0.717, 1.165) is 25.9 Å². The second-order valence-corrected chi connectivity index (χ2v) is 5.99. The van der Waals surface area contributed by atoms with Crippen LogP contribution in [0.2, 0.25) is 0 Å². The van der Waals surface area contributed by atoms with Gasteiger partial charge < -0.3 is 5.32 Å². The summed E-state index contributed by atoms with van der Waals surface area (Å²) >= 11 is 0. The predicted octanol–water partition coefficient (Wildman–Crippen LogP) is 4.03. The molecule has 1 aromatic carbocycles. The Morgan fingerprint density at radius 3 is 2.33 bits per heavy atom. The first-order chi connectivity index (χ1) is 8.45. The second-order valence-electron chi connectivity index (χ2n) is 5.99. The molecule has 18 heavy (non-hydrogen) atoms. The summed E-state index contributed by atoms with van der Waals surface area (Å²) < 4.78 is 12.9. The van der Waals surface area contributed by atoms with Gasteiger partial charge in [0.25, 0.3) is 0 Å². The van der Waals surface area contributed by atoms with Crippen LogP contribution in [0.5, 0.6) is 0 Å². The van der Waals surface area contributed by atoms with Crippen LogP contribution in [0.15, 0.2) is 24.3 Å². The maximum absolute atomic E-state index is 12.9. The van der Waals surface area contributed by atoms with Gasteiger partial charge in [-0.05, 0) is 48.4 Å². The first-order valence-electron chi connectivity index (χ1n) is 6.90. The van der Waals surface area contributed by atoms with E-state index in [-0.39, 0.29) is 11.2 Å². The fraction of sp³-hybridized carbons (Fsp3) is 0.625. The number of hydrogen-bond acceptors (Lipinski definition) is 1. The summed E-state index contributed by atoms with van der Waals surface area (Å²) in [5, 5.41) is 3.53. The molecule has 0 aromatic heterocycles. The number of benzene rings is 1. The molecule has 1 atom stereocenters. The molecule has 1 N–H and O–H groups in total. The molecule has 1 aromatic rings. The number of hydrogen-bond donors (Lipinski definition) is 1. The highest BCUT2D eigenvalue weighted by atomic mass is 19.1. The normalized spacial score (nSPS) is 14.8. The minimum atomic E-state index is -0.158. The van der Waals surface area contributed by atoms with E-state index in [1.807, 2.05) is 12.1 Å². The van der Waals surface area contributed by atoms with Crippen molar-refractivity contribution in [3.05, 3.63) is 35.6 Å². The van der Waals surface area contributed by atoms with E-state index in [1.165, 1.54) is 5.56 Å². The Morgan fingerprint density at radius 1 is 1.22 bits per heavy atom. The van der Waals surface area contributed by atoms with Gasteiger partial charge in [-0.3, -0.25) is 0 Å². The van der Waals surface area contributed by atoms with E-state index < -0.39 is 0 Å². The molecule has 0 aliphatic rings. The van der Waals surface area contributed by atoms with Gasteiger partial charge in [-0.2, -0.15) is 0 Å². The monoisotopic (exact) mass is 251 g/mol. The molecule has 0 aliphatic heterocycles. The Morgan fingerprint density at radius 2 is 1.83 bits per heavy atom. The molecule has 0 aliphatic carbocycles. The van der Waals surface area contributed by atoms with Crippen LogP contribution in [0, 0.1) is 17.2 Å². The van der Waals surface area contributed by atoms with Gasteiger partial charge in [-0.25, -0.2) is 4.39 Å². The Balaban J connectivity index is 2.55. The summed E-state index contributed by atoms with van der Waals surface area (Å²) in [6.07, 6.45) is 2.12. The minimum Gasteiger partial charge on any atom is -0.316 e. The van der Waals surface area contributed by atoms with Crippen molar-refractivity contribution in [2.75, 3.05) is 13.1 Å². The van der Waals surface area contributed by atoms with Crippen LogP contribution in [0.3, 0.4) is 0 Å². The molecule has 102 valence electrons. The van der Waals surface area contributed by atoms with Crippen LogP contribution in [0.4, 0.5) is 4.39 Å². The maximum Gasteiger partial charge on any atom is 0.123 e. The van der Waals surface area contributed by atoms with Crippen molar-refractivity contribution < 1.29 is 4.39 Å². The van der Waals surface area contributed by atoms with Crippen LogP contribution in [0.25, 0.3) is 0 Å². The van der Waals surface area contributed by atoms with Gasteiger partial charge in [0.2, 0.25) is 0 Å². The SMILES string of the molecule is CCC(C)(CNCC(C)C)Cc1ccc(F)cc1. The quantitative estimate of drug-likeness (QED) is 0.771. The first-order valence-corrected chi connectivity index (χ1v) is 6.90. The summed E-state index contributed by atoms with van der Waals surface area (Å²) in [6.45, 7) is 11.0. The van der Waals surface area contributed by atoms with Crippen molar-refractivity contribution in [2.45, 2.75) is 40.5 Å². The van der Waals surface area contributed by atoms with Crippen molar-refractivity contribution in [2.24, 2.45) is 11.3 Å². The van der Waals surface area contributed by atoms with Gasteiger partial charge in [-0.1, -0.05) is 39.8 Å². The lowest BCUT2D eigenvalue weighted by molar-refractivity contribution is 0.285. The average molecular weight is 251 g/mol. The molecule has 0 saturated heterocycles. The standard InChI is InChI=1S/C16H26FN/c1-5-16(4,12-18-11-13(2)3)10-14-6-8-15(17)9-7-14/h6-9,13,18H,5,10-12H2,1-4H3. The molecule has 0 saturated carbocycles. The third-order valence-electron chi connectivity index (χ3n) is 3.50. The zero-order valence-electron chi connectivity index (χ0n) is 12.1. The number of nitrogens with one attached hydrogen (secondary N) is 1. The van der Waals surface area contributed by atoms with Crippen LogP contribution in [0.1, 0.15) is 39.7 Å².